The van der Waals surface area contributed by atoms with Gasteiger partial charge in [-0.05, 0) is 20.3 Å². The van der Waals surface area contributed by atoms with Crippen molar-refractivity contribution in [1.82, 2.24) is 9.97 Å². The van der Waals surface area contributed by atoms with Gasteiger partial charge in [0, 0.05) is 11.8 Å². The van der Waals surface area contributed by atoms with E-state index in [2.05, 4.69) is 28.1 Å². The number of rotatable bonds is 3. The normalized spacial score (nSPS) is 10.7. The molecule has 0 fully saturated rings. The maximum absolute atomic E-state index is 5.37. The van der Waals surface area contributed by atoms with Gasteiger partial charge in [-0.15, -0.1) is 6.42 Å². The highest BCUT2D eigenvalue weighted by Gasteiger charge is 2.13. The lowest BCUT2D eigenvalue weighted by molar-refractivity contribution is 0.734. The van der Waals surface area contributed by atoms with E-state index >= 15 is 0 Å². The van der Waals surface area contributed by atoms with Crippen LogP contribution in [0.25, 0.3) is 0 Å². The standard InChI is InChI=1S/C11H15N3/c1-5-9-7-10(13-8-12-9)14-11(3,4)6-2/h2,7-8H,5H2,1,3-4H3,(H,12,13,14). The van der Waals surface area contributed by atoms with Gasteiger partial charge in [0.2, 0.25) is 0 Å². The topological polar surface area (TPSA) is 37.8 Å². The van der Waals surface area contributed by atoms with Crippen LogP contribution in [0.5, 0.6) is 0 Å². The highest BCUT2D eigenvalue weighted by atomic mass is 15.1. The number of hydrogen-bond donors (Lipinski definition) is 1. The number of terminal acetylenes is 1. The molecule has 0 saturated heterocycles. The smallest absolute Gasteiger partial charge is 0.130 e. The third kappa shape index (κ3) is 2.74. The second-order valence-corrected chi connectivity index (χ2v) is 3.64. The molecule has 14 heavy (non-hydrogen) atoms. The van der Waals surface area contributed by atoms with Gasteiger partial charge in [0.25, 0.3) is 0 Å². The van der Waals surface area contributed by atoms with Crippen molar-refractivity contribution in [3.63, 3.8) is 0 Å². The molecule has 0 amide bonds. The fourth-order valence-corrected chi connectivity index (χ4v) is 1.02. The lowest BCUT2D eigenvalue weighted by atomic mass is 10.1. The Labute approximate surface area is 85.0 Å². The molecule has 3 nitrogen and oxygen atoms in total. The molecule has 0 aromatic carbocycles. The number of nitrogens with zero attached hydrogens (tertiary/aromatic N) is 2. The molecule has 0 spiro atoms. The Kier molecular flexibility index (Phi) is 3.08. The molecule has 0 aliphatic rings. The first-order valence-corrected chi connectivity index (χ1v) is 4.64. The summed E-state index contributed by atoms with van der Waals surface area (Å²) in [6.07, 6.45) is 7.81. The number of nitrogens with one attached hydrogen (secondary N) is 1. The van der Waals surface area contributed by atoms with E-state index in [0.29, 0.717) is 0 Å². The molecule has 0 bridgehead atoms. The SMILES string of the molecule is C#CC(C)(C)Nc1cc(CC)ncn1. The highest BCUT2D eigenvalue weighted by Crippen LogP contribution is 2.11. The van der Waals surface area contributed by atoms with Crippen molar-refractivity contribution in [2.24, 2.45) is 0 Å². The van der Waals surface area contributed by atoms with Crippen LogP contribution < -0.4 is 5.32 Å². The van der Waals surface area contributed by atoms with Gasteiger partial charge in [0.1, 0.15) is 12.1 Å². The Balaban J connectivity index is 2.83. The van der Waals surface area contributed by atoms with E-state index in [1.807, 2.05) is 19.9 Å². The van der Waals surface area contributed by atoms with E-state index in [4.69, 9.17) is 6.42 Å². The van der Waals surface area contributed by atoms with E-state index in [9.17, 15) is 0 Å². The predicted octanol–water partition coefficient (Wildman–Crippen LogP) is 1.86. The van der Waals surface area contributed by atoms with E-state index in [0.717, 1.165) is 17.9 Å². The van der Waals surface area contributed by atoms with E-state index < -0.39 is 0 Å². The summed E-state index contributed by atoms with van der Waals surface area (Å²) in [5, 5.41) is 3.16. The number of aromatic nitrogens is 2. The molecular weight excluding hydrogens is 174 g/mol. The minimum absolute atomic E-state index is 0.376. The monoisotopic (exact) mass is 189 g/mol. The van der Waals surface area contributed by atoms with E-state index in [1.165, 1.54) is 0 Å². The van der Waals surface area contributed by atoms with E-state index in [1.54, 1.807) is 6.33 Å². The third-order valence-electron chi connectivity index (χ3n) is 1.89. The summed E-state index contributed by atoms with van der Waals surface area (Å²) in [4.78, 5) is 8.21. The summed E-state index contributed by atoms with van der Waals surface area (Å²) in [5.74, 6) is 3.43. The average molecular weight is 189 g/mol. The minimum Gasteiger partial charge on any atom is -0.354 e. The van der Waals surface area contributed by atoms with Crippen molar-refractivity contribution >= 4 is 5.82 Å². The third-order valence-corrected chi connectivity index (χ3v) is 1.89. The number of aryl methyl sites for hydroxylation is 1. The van der Waals surface area contributed by atoms with Crippen molar-refractivity contribution in [3.8, 4) is 12.3 Å². The Morgan fingerprint density at radius 2 is 2.21 bits per heavy atom. The van der Waals surface area contributed by atoms with Gasteiger partial charge in [0.15, 0.2) is 0 Å². The number of hydrogen-bond acceptors (Lipinski definition) is 3. The minimum atomic E-state index is -0.376. The average Bonchev–Trinajstić information content (AvgIpc) is 2.17. The molecule has 74 valence electrons. The maximum atomic E-state index is 5.37. The van der Waals surface area contributed by atoms with Crippen molar-refractivity contribution in [1.29, 1.82) is 0 Å². The van der Waals surface area contributed by atoms with Crippen LogP contribution in [0, 0.1) is 12.3 Å². The molecule has 0 unspecified atom stereocenters. The van der Waals surface area contributed by atoms with Gasteiger partial charge in [-0.25, -0.2) is 9.97 Å². The molecular formula is C11H15N3. The largest absolute Gasteiger partial charge is 0.354 e. The first-order valence-electron chi connectivity index (χ1n) is 4.64. The summed E-state index contributed by atoms with van der Waals surface area (Å²) < 4.78 is 0. The van der Waals surface area contributed by atoms with Crippen molar-refractivity contribution < 1.29 is 0 Å². The summed E-state index contributed by atoms with van der Waals surface area (Å²) in [5.41, 5.74) is 0.634. The van der Waals surface area contributed by atoms with Gasteiger partial charge in [0.05, 0.1) is 5.54 Å². The molecule has 0 radical (unpaired) electrons. The van der Waals surface area contributed by atoms with Crippen LogP contribution in [0.15, 0.2) is 12.4 Å². The fraction of sp³-hybridized carbons (Fsp3) is 0.455. The fourth-order valence-electron chi connectivity index (χ4n) is 1.02. The Morgan fingerprint density at radius 3 is 2.79 bits per heavy atom. The molecule has 0 saturated carbocycles. The van der Waals surface area contributed by atoms with Gasteiger partial charge in [-0.1, -0.05) is 12.8 Å². The maximum Gasteiger partial charge on any atom is 0.130 e. The zero-order valence-corrected chi connectivity index (χ0v) is 8.83. The molecule has 1 rings (SSSR count). The van der Waals surface area contributed by atoms with E-state index in [-0.39, 0.29) is 5.54 Å². The van der Waals surface area contributed by atoms with Gasteiger partial charge in [-0.3, -0.25) is 0 Å². The van der Waals surface area contributed by atoms with Crippen LogP contribution in [0.1, 0.15) is 26.5 Å². The first kappa shape index (κ1) is 10.5. The van der Waals surface area contributed by atoms with Crippen LogP contribution in [-0.2, 0) is 6.42 Å². The van der Waals surface area contributed by atoms with Gasteiger partial charge < -0.3 is 5.32 Å². The Bertz CT molecular complexity index is 350. The van der Waals surface area contributed by atoms with Gasteiger partial charge in [-0.2, -0.15) is 0 Å². The molecule has 1 aromatic heterocycles. The van der Waals surface area contributed by atoms with Crippen molar-refractivity contribution in [3.05, 3.63) is 18.1 Å². The quantitative estimate of drug-likeness (QED) is 0.737. The Hall–Kier alpha value is -1.56. The second-order valence-electron chi connectivity index (χ2n) is 3.64. The predicted molar refractivity (Wildman–Crippen MR) is 57.9 cm³/mol. The summed E-state index contributed by atoms with van der Waals surface area (Å²) >= 11 is 0. The molecule has 1 aromatic rings. The molecule has 1 heterocycles. The Morgan fingerprint density at radius 1 is 1.50 bits per heavy atom. The van der Waals surface area contributed by atoms with Crippen molar-refractivity contribution in [2.45, 2.75) is 32.7 Å². The molecule has 1 N–H and O–H groups in total. The van der Waals surface area contributed by atoms with Crippen LogP contribution in [0.2, 0.25) is 0 Å². The number of anilines is 1. The zero-order chi connectivity index (χ0) is 10.6. The molecule has 3 heteroatoms. The van der Waals surface area contributed by atoms with Crippen LogP contribution in [0.3, 0.4) is 0 Å². The van der Waals surface area contributed by atoms with Crippen LogP contribution in [0.4, 0.5) is 5.82 Å². The molecule has 0 atom stereocenters. The van der Waals surface area contributed by atoms with Crippen LogP contribution >= 0.6 is 0 Å². The first-order chi connectivity index (χ1) is 6.57. The lowest BCUT2D eigenvalue weighted by Crippen LogP contribution is -2.29. The summed E-state index contributed by atoms with van der Waals surface area (Å²) in [6, 6.07) is 1.92. The van der Waals surface area contributed by atoms with Gasteiger partial charge >= 0.3 is 0 Å². The van der Waals surface area contributed by atoms with Crippen molar-refractivity contribution in [2.75, 3.05) is 5.32 Å². The second kappa shape index (κ2) is 4.10. The van der Waals surface area contributed by atoms with Crippen LogP contribution in [-0.4, -0.2) is 15.5 Å². The lowest BCUT2D eigenvalue weighted by Gasteiger charge is -2.20. The molecule has 0 aliphatic carbocycles. The molecule has 0 aliphatic heterocycles. The summed E-state index contributed by atoms with van der Waals surface area (Å²) in [7, 11) is 0. The zero-order valence-electron chi connectivity index (χ0n) is 8.83. The highest BCUT2D eigenvalue weighted by molar-refractivity contribution is 5.40. The summed E-state index contributed by atoms with van der Waals surface area (Å²) in [6.45, 7) is 5.92.